The van der Waals surface area contributed by atoms with Crippen LogP contribution < -0.4 is 5.73 Å². The Morgan fingerprint density at radius 3 is 2.50 bits per heavy atom. The average Bonchev–Trinajstić information content (AvgIpc) is 2.27. The zero-order chi connectivity index (χ0) is 12.0. The predicted octanol–water partition coefficient (Wildman–Crippen LogP) is -0.381. The minimum Gasteiger partial charge on any atom is -0.454 e. The molecule has 1 amide bonds. The molecule has 86 valence electrons. The van der Waals surface area contributed by atoms with Crippen LogP contribution in [0.2, 0.25) is 0 Å². The van der Waals surface area contributed by atoms with Crippen molar-refractivity contribution in [3.05, 3.63) is 35.9 Å². The van der Waals surface area contributed by atoms with E-state index in [1.807, 2.05) is 6.07 Å². The number of ether oxygens (including phenoxy) is 1. The van der Waals surface area contributed by atoms with Crippen molar-refractivity contribution < 1.29 is 19.4 Å². The maximum Gasteiger partial charge on any atom is 0.335 e. The first-order valence-electron chi connectivity index (χ1n) is 4.76. The number of carbonyl (C=O) groups is 2. The Balaban J connectivity index is 2.43. The lowest BCUT2D eigenvalue weighted by Crippen LogP contribution is -2.29. The summed E-state index contributed by atoms with van der Waals surface area (Å²) >= 11 is 0. The summed E-state index contributed by atoms with van der Waals surface area (Å²) in [4.78, 5) is 21.5. The molecule has 0 aliphatic heterocycles. The van der Waals surface area contributed by atoms with Gasteiger partial charge in [-0.3, -0.25) is 4.79 Å². The highest BCUT2D eigenvalue weighted by molar-refractivity contribution is 5.80. The number of aliphatic hydroxyl groups excluding tert-OH is 1. The van der Waals surface area contributed by atoms with E-state index in [0.717, 1.165) is 5.56 Å². The van der Waals surface area contributed by atoms with Crippen molar-refractivity contribution in [3.8, 4) is 0 Å². The van der Waals surface area contributed by atoms with Crippen LogP contribution in [0.4, 0.5) is 0 Å². The largest absolute Gasteiger partial charge is 0.454 e. The molecule has 0 spiro atoms. The van der Waals surface area contributed by atoms with Gasteiger partial charge in [-0.05, 0) is 5.56 Å². The van der Waals surface area contributed by atoms with E-state index < -0.39 is 24.6 Å². The molecule has 1 aromatic carbocycles. The molecule has 0 unspecified atom stereocenters. The molecule has 1 atom stereocenters. The third kappa shape index (κ3) is 4.10. The van der Waals surface area contributed by atoms with E-state index in [2.05, 4.69) is 4.74 Å². The van der Waals surface area contributed by atoms with Gasteiger partial charge in [0.15, 0.2) is 12.7 Å². The number of amides is 1. The molecule has 0 saturated heterocycles. The number of hydrogen-bond acceptors (Lipinski definition) is 4. The van der Waals surface area contributed by atoms with Gasteiger partial charge in [-0.1, -0.05) is 30.3 Å². The summed E-state index contributed by atoms with van der Waals surface area (Å²) in [6.07, 6.45) is -1.12. The summed E-state index contributed by atoms with van der Waals surface area (Å²) in [5.41, 5.74) is 5.61. The third-order valence-electron chi connectivity index (χ3n) is 1.90. The second kappa shape index (κ2) is 5.87. The van der Waals surface area contributed by atoms with Crippen molar-refractivity contribution in [2.75, 3.05) is 6.61 Å². The smallest absolute Gasteiger partial charge is 0.335 e. The van der Waals surface area contributed by atoms with E-state index in [9.17, 15) is 14.7 Å². The van der Waals surface area contributed by atoms with Crippen LogP contribution in [0, 0.1) is 0 Å². The highest BCUT2D eigenvalue weighted by Gasteiger charge is 2.17. The van der Waals surface area contributed by atoms with Crippen LogP contribution >= 0.6 is 0 Å². The molecule has 0 aromatic heterocycles. The molecule has 0 bridgehead atoms. The minimum absolute atomic E-state index is 0.151. The Morgan fingerprint density at radius 2 is 1.94 bits per heavy atom. The number of benzene rings is 1. The Bertz CT molecular complexity index is 364. The van der Waals surface area contributed by atoms with Gasteiger partial charge in [0.1, 0.15) is 0 Å². The van der Waals surface area contributed by atoms with E-state index in [4.69, 9.17) is 5.73 Å². The van der Waals surface area contributed by atoms with Crippen molar-refractivity contribution in [2.45, 2.75) is 12.5 Å². The third-order valence-corrected chi connectivity index (χ3v) is 1.90. The Kier molecular flexibility index (Phi) is 4.47. The molecule has 1 rings (SSSR count). The van der Waals surface area contributed by atoms with Gasteiger partial charge in [-0.25, -0.2) is 4.79 Å². The summed E-state index contributed by atoms with van der Waals surface area (Å²) in [5, 5.41) is 9.46. The number of esters is 1. The summed E-state index contributed by atoms with van der Waals surface area (Å²) in [5.74, 6) is -1.59. The van der Waals surface area contributed by atoms with E-state index >= 15 is 0 Å². The fourth-order valence-corrected chi connectivity index (χ4v) is 1.16. The zero-order valence-electron chi connectivity index (χ0n) is 8.63. The molecular weight excluding hydrogens is 210 g/mol. The van der Waals surface area contributed by atoms with Crippen LogP contribution in [0.25, 0.3) is 0 Å². The van der Waals surface area contributed by atoms with Gasteiger partial charge in [0.2, 0.25) is 0 Å². The van der Waals surface area contributed by atoms with Crippen LogP contribution in [0.1, 0.15) is 5.56 Å². The maximum absolute atomic E-state index is 11.2. The van der Waals surface area contributed by atoms with E-state index in [1.54, 1.807) is 24.3 Å². The molecule has 0 radical (unpaired) electrons. The summed E-state index contributed by atoms with van der Waals surface area (Å²) < 4.78 is 4.47. The quantitative estimate of drug-likeness (QED) is 0.666. The molecule has 0 saturated carbocycles. The number of hydrogen-bond donors (Lipinski definition) is 2. The van der Waals surface area contributed by atoms with Gasteiger partial charge < -0.3 is 15.6 Å². The lowest BCUT2D eigenvalue weighted by atomic mass is 10.1. The molecule has 0 heterocycles. The molecule has 1 aromatic rings. The standard InChI is InChI=1S/C11H13NO4/c12-10(14)7-16-11(15)9(13)6-8-4-2-1-3-5-8/h1-5,9,13H,6-7H2,(H2,12,14)/t9-/m0/s1. The fraction of sp³-hybridized carbons (Fsp3) is 0.273. The van der Waals surface area contributed by atoms with Crippen LogP contribution in [-0.4, -0.2) is 29.7 Å². The highest BCUT2D eigenvalue weighted by Crippen LogP contribution is 2.04. The average molecular weight is 223 g/mol. The van der Waals surface area contributed by atoms with Crippen molar-refractivity contribution in [2.24, 2.45) is 5.73 Å². The number of nitrogens with two attached hydrogens (primary N) is 1. The first-order chi connectivity index (χ1) is 7.59. The SMILES string of the molecule is NC(=O)COC(=O)[C@@H](O)Cc1ccccc1. The first kappa shape index (κ1) is 12.2. The maximum atomic E-state index is 11.2. The Hall–Kier alpha value is -1.88. The molecule has 3 N–H and O–H groups in total. The van der Waals surface area contributed by atoms with E-state index in [-0.39, 0.29) is 6.42 Å². The number of carbonyl (C=O) groups excluding carboxylic acids is 2. The van der Waals surface area contributed by atoms with Crippen LogP contribution in [0.5, 0.6) is 0 Å². The summed E-state index contributed by atoms with van der Waals surface area (Å²) in [7, 11) is 0. The number of aliphatic hydroxyl groups is 1. The van der Waals surface area contributed by atoms with Crippen molar-refractivity contribution in [3.63, 3.8) is 0 Å². The molecule has 16 heavy (non-hydrogen) atoms. The normalized spacial score (nSPS) is 11.8. The van der Waals surface area contributed by atoms with Gasteiger partial charge in [-0.2, -0.15) is 0 Å². The molecule has 0 aliphatic carbocycles. The van der Waals surface area contributed by atoms with Gasteiger partial charge in [0, 0.05) is 6.42 Å². The number of primary amides is 1. The summed E-state index contributed by atoms with van der Waals surface area (Å²) in [6, 6.07) is 9.00. The molecule has 0 fully saturated rings. The van der Waals surface area contributed by atoms with Crippen LogP contribution in [0.15, 0.2) is 30.3 Å². The molecule has 5 heteroatoms. The van der Waals surface area contributed by atoms with Crippen molar-refractivity contribution in [1.82, 2.24) is 0 Å². The number of rotatable bonds is 5. The van der Waals surface area contributed by atoms with Gasteiger partial charge in [-0.15, -0.1) is 0 Å². The second-order valence-electron chi connectivity index (χ2n) is 3.28. The van der Waals surface area contributed by atoms with E-state index in [0.29, 0.717) is 0 Å². The van der Waals surface area contributed by atoms with Crippen LogP contribution in [-0.2, 0) is 20.7 Å². The minimum atomic E-state index is -1.28. The lowest BCUT2D eigenvalue weighted by molar-refractivity contribution is -0.156. The lowest BCUT2D eigenvalue weighted by Gasteiger charge is -2.09. The molecular formula is C11H13NO4. The van der Waals surface area contributed by atoms with Gasteiger partial charge in [0.25, 0.3) is 5.91 Å². The second-order valence-corrected chi connectivity index (χ2v) is 3.28. The van der Waals surface area contributed by atoms with E-state index in [1.165, 1.54) is 0 Å². The monoisotopic (exact) mass is 223 g/mol. The fourth-order valence-electron chi connectivity index (χ4n) is 1.16. The van der Waals surface area contributed by atoms with Crippen LogP contribution in [0.3, 0.4) is 0 Å². The summed E-state index contributed by atoms with van der Waals surface area (Å²) in [6.45, 7) is -0.509. The molecule has 5 nitrogen and oxygen atoms in total. The predicted molar refractivity (Wildman–Crippen MR) is 56.3 cm³/mol. The topological polar surface area (TPSA) is 89.6 Å². The zero-order valence-corrected chi connectivity index (χ0v) is 8.63. The van der Waals surface area contributed by atoms with Crippen molar-refractivity contribution >= 4 is 11.9 Å². The first-order valence-corrected chi connectivity index (χ1v) is 4.76. The highest BCUT2D eigenvalue weighted by atomic mass is 16.5. The Labute approximate surface area is 92.8 Å². The molecule has 0 aliphatic rings. The van der Waals surface area contributed by atoms with Gasteiger partial charge >= 0.3 is 5.97 Å². The van der Waals surface area contributed by atoms with Crippen molar-refractivity contribution in [1.29, 1.82) is 0 Å². The Morgan fingerprint density at radius 1 is 1.31 bits per heavy atom. The van der Waals surface area contributed by atoms with Gasteiger partial charge in [0.05, 0.1) is 0 Å².